The van der Waals surface area contributed by atoms with Crippen molar-refractivity contribution in [1.82, 2.24) is 14.7 Å². The minimum absolute atomic E-state index is 0.133. The Morgan fingerprint density at radius 1 is 1.07 bits per heavy atom. The van der Waals surface area contributed by atoms with E-state index in [-0.39, 0.29) is 18.0 Å². The quantitative estimate of drug-likeness (QED) is 0.702. The number of carbonyl (C=O) groups excluding carboxylic acids is 1. The fraction of sp³-hybridized carbons (Fsp3) is 0.143. The van der Waals surface area contributed by atoms with E-state index in [9.17, 15) is 9.59 Å². The van der Waals surface area contributed by atoms with Crippen molar-refractivity contribution in [2.24, 2.45) is 0 Å². The van der Waals surface area contributed by atoms with Gasteiger partial charge in [0.25, 0.3) is 5.56 Å². The Kier molecular flexibility index (Phi) is 5.43. The lowest BCUT2D eigenvalue weighted by atomic mass is 10.1. The summed E-state index contributed by atoms with van der Waals surface area (Å²) in [5, 5.41) is 13.2. The minimum Gasteiger partial charge on any atom is -0.340 e. The molecule has 1 aromatic heterocycles. The van der Waals surface area contributed by atoms with E-state index < -0.39 is 0 Å². The van der Waals surface area contributed by atoms with Gasteiger partial charge in [-0.1, -0.05) is 42.5 Å². The van der Waals surface area contributed by atoms with E-state index >= 15 is 0 Å². The van der Waals surface area contributed by atoms with E-state index in [2.05, 4.69) is 11.2 Å². The Labute approximate surface area is 156 Å². The number of aromatic nitrogens is 2. The smallest absolute Gasteiger partial charge is 0.267 e. The number of benzene rings is 2. The van der Waals surface area contributed by atoms with E-state index in [0.717, 1.165) is 11.1 Å². The summed E-state index contributed by atoms with van der Waals surface area (Å²) in [5.41, 5.74) is 2.67. The summed E-state index contributed by atoms with van der Waals surface area (Å²) in [5.74, 6) is -0.223. The van der Waals surface area contributed by atoms with Gasteiger partial charge in [0.1, 0.15) is 6.54 Å². The van der Waals surface area contributed by atoms with Crippen molar-refractivity contribution in [2.45, 2.75) is 13.1 Å². The van der Waals surface area contributed by atoms with Gasteiger partial charge in [-0.25, -0.2) is 4.68 Å². The molecule has 6 nitrogen and oxygen atoms in total. The predicted molar refractivity (Wildman–Crippen MR) is 102 cm³/mol. The van der Waals surface area contributed by atoms with Crippen LogP contribution in [0, 0.1) is 11.3 Å². The van der Waals surface area contributed by atoms with Gasteiger partial charge >= 0.3 is 0 Å². The van der Waals surface area contributed by atoms with Crippen molar-refractivity contribution in [3.05, 3.63) is 88.2 Å². The molecule has 3 rings (SSSR count). The molecule has 0 atom stereocenters. The van der Waals surface area contributed by atoms with Gasteiger partial charge in [-0.15, -0.1) is 0 Å². The second-order valence-corrected chi connectivity index (χ2v) is 6.14. The first kappa shape index (κ1) is 18.1. The highest BCUT2D eigenvalue weighted by Crippen LogP contribution is 2.14. The molecule has 0 N–H and O–H groups in total. The molecule has 134 valence electrons. The highest BCUT2D eigenvalue weighted by molar-refractivity contribution is 5.75. The number of amides is 1. The molecule has 2 aromatic carbocycles. The van der Waals surface area contributed by atoms with E-state index in [1.165, 1.54) is 15.6 Å². The van der Waals surface area contributed by atoms with Gasteiger partial charge in [0.2, 0.25) is 5.91 Å². The second-order valence-electron chi connectivity index (χ2n) is 6.14. The van der Waals surface area contributed by atoms with Crippen molar-refractivity contribution in [3.63, 3.8) is 0 Å². The van der Waals surface area contributed by atoms with Crippen LogP contribution >= 0.6 is 0 Å². The average molecular weight is 358 g/mol. The van der Waals surface area contributed by atoms with Gasteiger partial charge in [0, 0.05) is 25.2 Å². The lowest BCUT2D eigenvalue weighted by Gasteiger charge is -2.18. The van der Waals surface area contributed by atoms with Crippen LogP contribution in [0.3, 0.4) is 0 Å². The minimum atomic E-state index is -0.324. The van der Waals surface area contributed by atoms with Crippen LogP contribution in [0.5, 0.6) is 0 Å². The third-order valence-electron chi connectivity index (χ3n) is 4.15. The Hall–Kier alpha value is -3.72. The van der Waals surface area contributed by atoms with Crippen LogP contribution in [0.1, 0.15) is 11.1 Å². The molecule has 1 amide bonds. The maximum absolute atomic E-state index is 12.5. The maximum Gasteiger partial charge on any atom is 0.267 e. The first-order valence-corrected chi connectivity index (χ1v) is 8.43. The lowest BCUT2D eigenvalue weighted by molar-refractivity contribution is -0.131. The molecule has 0 aliphatic heterocycles. The average Bonchev–Trinajstić information content (AvgIpc) is 2.70. The predicted octanol–water partition coefficient (Wildman–Crippen LogP) is 2.44. The van der Waals surface area contributed by atoms with E-state index in [0.29, 0.717) is 17.8 Å². The SMILES string of the molecule is CN(Cc1ccc(C#N)cc1)C(=O)Cn1nc(-c2ccccc2)ccc1=O. The first-order valence-electron chi connectivity index (χ1n) is 8.43. The molecule has 1 heterocycles. The van der Waals surface area contributed by atoms with E-state index in [4.69, 9.17) is 5.26 Å². The molecule has 0 saturated carbocycles. The number of hydrogen-bond acceptors (Lipinski definition) is 4. The van der Waals surface area contributed by atoms with E-state index in [1.54, 1.807) is 25.2 Å². The number of likely N-dealkylation sites (N-methyl/N-ethyl adjacent to an activating group) is 1. The Bertz CT molecular complexity index is 1030. The number of nitriles is 1. The number of rotatable bonds is 5. The first-order chi connectivity index (χ1) is 13.1. The molecule has 0 aliphatic rings. The molecule has 3 aromatic rings. The summed E-state index contributed by atoms with van der Waals surface area (Å²) in [6.07, 6.45) is 0. The maximum atomic E-state index is 12.5. The molecule has 0 unspecified atom stereocenters. The summed E-state index contributed by atoms with van der Waals surface area (Å²) in [6, 6.07) is 21.7. The van der Waals surface area contributed by atoms with Crippen molar-refractivity contribution in [3.8, 4) is 17.3 Å². The van der Waals surface area contributed by atoms with Crippen LogP contribution < -0.4 is 5.56 Å². The zero-order valence-electron chi connectivity index (χ0n) is 14.9. The summed E-state index contributed by atoms with van der Waals surface area (Å²) < 4.78 is 1.18. The van der Waals surface area contributed by atoms with Crippen LogP contribution in [-0.2, 0) is 17.9 Å². The van der Waals surface area contributed by atoms with Crippen LogP contribution in [0.4, 0.5) is 0 Å². The molecular formula is C21H18N4O2. The number of carbonyl (C=O) groups is 1. The van der Waals surface area contributed by atoms with Gasteiger partial charge < -0.3 is 4.90 Å². The van der Waals surface area contributed by atoms with Crippen molar-refractivity contribution >= 4 is 5.91 Å². The lowest BCUT2D eigenvalue weighted by Crippen LogP contribution is -2.34. The molecule has 0 fully saturated rings. The fourth-order valence-electron chi connectivity index (χ4n) is 2.62. The monoisotopic (exact) mass is 358 g/mol. The third-order valence-corrected chi connectivity index (χ3v) is 4.15. The molecule has 0 spiro atoms. The molecule has 6 heteroatoms. The van der Waals surface area contributed by atoms with Crippen molar-refractivity contribution in [2.75, 3.05) is 7.05 Å². The zero-order chi connectivity index (χ0) is 19.2. The highest BCUT2D eigenvalue weighted by atomic mass is 16.2. The zero-order valence-corrected chi connectivity index (χ0v) is 14.9. The molecule has 0 radical (unpaired) electrons. The summed E-state index contributed by atoms with van der Waals surface area (Å²) in [7, 11) is 1.67. The molecule has 0 aliphatic carbocycles. The highest BCUT2D eigenvalue weighted by Gasteiger charge is 2.13. The van der Waals surface area contributed by atoms with Gasteiger partial charge in [-0.05, 0) is 23.8 Å². The van der Waals surface area contributed by atoms with Gasteiger partial charge in [0.05, 0.1) is 17.3 Å². The topological polar surface area (TPSA) is 79.0 Å². The summed E-state index contributed by atoms with van der Waals surface area (Å²) >= 11 is 0. The number of hydrogen-bond donors (Lipinski definition) is 0. The van der Waals surface area contributed by atoms with Crippen molar-refractivity contribution < 1.29 is 4.79 Å². The van der Waals surface area contributed by atoms with Gasteiger partial charge in [-0.3, -0.25) is 9.59 Å². The second kappa shape index (κ2) is 8.11. The van der Waals surface area contributed by atoms with Crippen LogP contribution in [0.25, 0.3) is 11.3 Å². The third kappa shape index (κ3) is 4.47. The molecular weight excluding hydrogens is 340 g/mol. The van der Waals surface area contributed by atoms with Crippen molar-refractivity contribution in [1.29, 1.82) is 5.26 Å². The van der Waals surface area contributed by atoms with Crippen LogP contribution in [0.2, 0.25) is 0 Å². The largest absolute Gasteiger partial charge is 0.340 e. The van der Waals surface area contributed by atoms with Gasteiger partial charge in [-0.2, -0.15) is 10.4 Å². The molecule has 0 saturated heterocycles. The van der Waals surface area contributed by atoms with Crippen LogP contribution in [-0.4, -0.2) is 27.6 Å². The van der Waals surface area contributed by atoms with Crippen LogP contribution in [0.15, 0.2) is 71.5 Å². The fourth-order valence-corrected chi connectivity index (χ4v) is 2.62. The summed E-state index contributed by atoms with van der Waals surface area (Å²) in [4.78, 5) is 26.1. The molecule has 0 bridgehead atoms. The normalized spacial score (nSPS) is 10.2. The van der Waals surface area contributed by atoms with Gasteiger partial charge in [0.15, 0.2) is 0 Å². The number of nitrogens with zero attached hydrogens (tertiary/aromatic N) is 4. The Balaban J connectivity index is 1.73. The Morgan fingerprint density at radius 2 is 1.78 bits per heavy atom. The van der Waals surface area contributed by atoms with E-state index in [1.807, 2.05) is 42.5 Å². The molecule has 27 heavy (non-hydrogen) atoms. The standard InChI is InChI=1S/C21H18N4O2/c1-24(14-17-9-7-16(13-22)8-10-17)21(27)15-25-20(26)12-11-19(23-25)18-5-3-2-4-6-18/h2-12H,14-15H2,1H3. The summed E-state index contributed by atoms with van der Waals surface area (Å²) in [6.45, 7) is 0.254. The Morgan fingerprint density at radius 3 is 2.44 bits per heavy atom.